The van der Waals surface area contributed by atoms with Gasteiger partial charge in [0.15, 0.2) is 0 Å². The van der Waals surface area contributed by atoms with Crippen LogP contribution in [0.25, 0.3) is 0 Å². The lowest BCUT2D eigenvalue weighted by Crippen LogP contribution is -2.30. The number of benzene rings is 1. The van der Waals surface area contributed by atoms with Gasteiger partial charge in [0.25, 0.3) is 0 Å². The maximum absolute atomic E-state index is 12.7. The zero-order chi connectivity index (χ0) is 14.9. The Bertz CT molecular complexity index is 720. The molecule has 1 unspecified atom stereocenters. The highest BCUT2D eigenvalue weighted by atomic mass is 35.5. The minimum Gasteiger partial charge on any atom is -0.225 e. The van der Waals surface area contributed by atoms with Crippen molar-refractivity contribution in [3.8, 4) is 0 Å². The molecule has 3 rings (SSSR count). The van der Waals surface area contributed by atoms with E-state index in [1.54, 1.807) is 0 Å². The van der Waals surface area contributed by atoms with E-state index in [2.05, 4.69) is 9.97 Å². The minimum atomic E-state index is -3.60. The third-order valence-electron chi connectivity index (χ3n) is 3.59. The number of hydrogen-bond acceptors (Lipinski definition) is 4. The lowest BCUT2D eigenvalue weighted by Gasteiger charge is -2.24. The fraction of sp³-hybridized carbons (Fsp3) is 0.286. The second kappa shape index (κ2) is 5.71. The van der Waals surface area contributed by atoms with Crippen molar-refractivity contribution in [2.45, 2.75) is 23.8 Å². The van der Waals surface area contributed by atoms with Gasteiger partial charge in [-0.25, -0.2) is 18.4 Å². The molecule has 0 radical (unpaired) electrons. The molecule has 1 atom stereocenters. The zero-order valence-electron chi connectivity index (χ0n) is 11.2. The Morgan fingerprint density at radius 2 is 1.81 bits per heavy atom. The summed E-state index contributed by atoms with van der Waals surface area (Å²) in [6.07, 6.45) is 4.17. The molecule has 1 aliphatic rings. The first-order chi connectivity index (χ1) is 10.1. The van der Waals surface area contributed by atoms with Crippen molar-refractivity contribution >= 4 is 21.6 Å². The maximum Gasteiger partial charge on any atom is 0.246 e. The van der Waals surface area contributed by atoms with Crippen LogP contribution in [0.4, 0.5) is 0 Å². The molecule has 2 aromatic rings. The van der Waals surface area contributed by atoms with Crippen molar-refractivity contribution in [2.75, 3.05) is 6.54 Å². The number of rotatable bonds is 3. The van der Waals surface area contributed by atoms with Crippen molar-refractivity contribution in [1.29, 1.82) is 0 Å². The number of halogens is 1. The van der Waals surface area contributed by atoms with Gasteiger partial charge in [-0.05, 0) is 30.0 Å². The van der Waals surface area contributed by atoms with Crippen LogP contribution in [-0.4, -0.2) is 29.2 Å². The van der Waals surface area contributed by atoms with Crippen molar-refractivity contribution in [1.82, 2.24) is 14.3 Å². The highest BCUT2D eigenvalue weighted by Gasteiger charge is 2.36. The number of hydrogen-bond donors (Lipinski definition) is 0. The van der Waals surface area contributed by atoms with E-state index in [-0.39, 0.29) is 16.2 Å². The lowest BCUT2D eigenvalue weighted by molar-refractivity contribution is 0.396. The molecule has 0 spiro atoms. The van der Waals surface area contributed by atoms with E-state index < -0.39 is 10.0 Å². The van der Waals surface area contributed by atoms with Crippen molar-refractivity contribution < 1.29 is 8.42 Å². The maximum atomic E-state index is 12.7. The summed E-state index contributed by atoms with van der Waals surface area (Å²) in [5.74, 6) is 0. The third kappa shape index (κ3) is 2.79. The van der Waals surface area contributed by atoms with Gasteiger partial charge in [-0.2, -0.15) is 4.31 Å². The zero-order valence-corrected chi connectivity index (χ0v) is 12.8. The molecule has 5 nitrogen and oxygen atoms in total. The molecule has 1 aliphatic heterocycles. The number of nitrogens with zero attached hydrogens (tertiary/aromatic N) is 3. The SMILES string of the molecule is O=S(=O)(c1cnc(Cl)nc1)N1CCCC1c1ccccc1. The van der Waals surface area contributed by atoms with Crippen molar-refractivity contribution in [2.24, 2.45) is 0 Å². The van der Waals surface area contributed by atoms with Gasteiger partial charge in [0.05, 0.1) is 18.4 Å². The van der Waals surface area contributed by atoms with Crippen LogP contribution in [0.1, 0.15) is 24.4 Å². The normalized spacial score (nSPS) is 19.8. The Hall–Kier alpha value is -1.50. The summed E-state index contributed by atoms with van der Waals surface area (Å²) in [4.78, 5) is 7.60. The summed E-state index contributed by atoms with van der Waals surface area (Å²) < 4.78 is 27.0. The Morgan fingerprint density at radius 3 is 2.48 bits per heavy atom. The second-order valence-electron chi connectivity index (χ2n) is 4.87. The van der Waals surface area contributed by atoms with E-state index in [1.165, 1.54) is 16.7 Å². The Labute approximate surface area is 128 Å². The first-order valence-corrected chi connectivity index (χ1v) is 8.45. The topological polar surface area (TPSA) is 63.2 Å². The van der Waals surface area contributed by atoms with Gasteiger partial charge >= 0.3 is 0 Å². The van der Waals surface area contributed by atoms with Gasteiger partial charge in [0.1, 0.15) is 4.90 Å². The largest absolute Gasteiger partial charge is 0.246 e. The average molecular weight is 324 g/mol. The van der Waals surface area contributed by atoms with Crippen LogP contribution in [-0.2, 0) is 10.0 Å². The molecule has 1 aromatic heterocycles. The average Bonchev–Trinajstić information content (AvgIpc) is 2.99. The lowest BCUT2D eigenvalue weighted by atomic mass is 10.1. The van der Waals surface area contributed by atoms with E-state index >= 15 is 0 Å². The Balaban J connectivity index is 1.96. The standard InChI is InChI=1S/C14H14ClN3O2S/c15-14-16-9-12(10-17-14)21(19,20)18-8-4-7-13(18)11-5-2-1-3-6-11/h1-3,5-6,9-10,13H,4,7-8H2. The number of sulfonamides is 1. The van der Waals surface area contributed by atoms with Gasteiger partial charge in [0, 0.05) is 6.54 Å². The van der Waals surface area contributed by atoms with Crippen LogP contribution in [0.2, 0.25) is 5.28 Å². The molecule has 0 saturated carbocycles. The fourth-order valence-corrected chi connectivity index (χ4v) is 4.28. The molecule has 0 bridgehead atoms. The molecule has 1 fully saturated rings. The van der Waals surface area contributed by atoms with Gasteiger partial charge in [0.2, 0.25) is 15.3 Å². The number of aromatic nitrogens is 2. The molecular weight excluding hydrogens is 310 g/mol. The fourth-order valence-electron chi connectivity index (χ4n) is 2.61. The summed E-state index contributed by atoms with van der Waals surface area (Å²) in [5.41, 5.74) is 1.01. The van der Waals surface area contributed by atoms with Gasteiger partial charge < -0.3 is 0 Å². The van der Waals surface area contributed by atoms with Crippen LogP contribution in [0.15, 0.2) is 47.6 Å². The van der Waals surface area contributed by atoms with Crippen LogP contribution in [0.3, 0.4) is 0 Å². The predicted octanol–water partition coefficient (Wildman–Crippen LogP) is 2.66. The molecule has 7 heteroatoms. The van der Waals surface area contributed by atoms with Crippen molar-refractivity contribution in [3.05, 3.63) is 53.6 Å². The van der Waals surface area contributed by atoms with Gasteiger partial charge in [-0.15, -0.1) is 0 Å². The van der Waals surface area contributed by atoms with Crippen LogP contribution in [0.5, 0.6) is 0 Å². The molecule has 21 heavy (non-hydrogen) atoms. The Kier molecular flexibility index (Phi) is 3.93. The summed E-state index contributed by atoms with van der Waals surface area (Å²) in [6, 6.07) is 9.54. The van der Waals surface area contributed by atoms with Crippen LogP contribution >= 0.6 is 11.6 Å². The highest BCUT2D eigenvalue weighted by Crippen LogP contribution is 2.36. The predicted molar refractivity (Wildman–Crippen MR) is 79.4 cm³/mol. The highest BCUT2D eigenvalue weighted by molar-refractivity contribution is 7.89. The van der Waals surface area contributed by atoms with E-state index in [0.717, 1.165) is 18.4 Å². The summed E-state index contributed by atoms with van der Waals surface area (Å²) in [5, 5.41) is 0.0370. The summed E-state index contributed by atoms with van der Waals surface area (Å²) in [7, 11) is -3.60. The Morgan fingerprint density at radius 1 is 1.14 bits per heavy atom. The van der Waals surface area contributed by atoms with Gasteiger partial charge in [-0.3, -0.25) is 0 Å². The van der Waals surface area contributed by atoms with Gasteiger partial charge in [-0.1, -0.05) is 30.3 Å². The molecular formula is C14H14ClN3O2S. The third-order valence-corrected chi connectivity index (χ3v) is 5.65. The quantitative estimate of drug-likeness (QED) is 0.815. The van der Waals surface area contributed by atoms with E-state index in [4.69, 9.17) is 11.6 Å². The molecule has 0 N–H and O–H groups in total. The minimum absolute atomic E-state index is 0.0370. The smallest absolute Gasteiger partial charge is 0.225 e. The molecule has 0 aliphatic carbocycles. The molecule has 1 aromatic carbocycles. The summed E-state index contributed by atoms with van der Waals surface area (Å²) in [6.45, 7) is 0.504. The molecule has 0 amide bonds. The molecule has 2 heterocycles. The second-order valence-corrected chi connectivity index (χ2v) is 7.10. The van der Waals surface area contributed by atoms with Crippen LogP contribution < -0.4 is 0 Å². The van der Waals surface area contributed by atoms with E-state index in [0.29, 0.717) is 6.54 Å². The molecule has 110 valence electrons. The van der Waals surface area contributed by atoms with Crippen LogP contribution in [0, 0.1) is 0 Å². The van der Waals surface area contributed by atoms with E-state index in [9.17, 15) is 8.42 Å². The summed E-state index contributed by atoms with van der Waals surface area (Å²) >= 11 is 5.62. The molecule has 1 saturated heterocycles. The first-order valence-electron chi connectivity index (χ1n) is 6.63. The van der Waals surface area contributed by atoms with Crippen molar-refractivity contribution in [3.63, 3.8) is 0 Å². The monoisotopic (exact) mass is 323 g/mol. The van der Waals surface area contributed by atoms with E-state index in [1.807, 2.05) is 30.3 Å². The first kappa shape index (κ1) is 14.4.